The van der Waals surface area contributed by atoms with E-state index in [1.54, 1.807) is 6.08 Å². The quantitative estimate of drug-likeness (QED) is 0.573. The van der Waals surface area contributed by atoms with Gasteiger partial charge in [0.1, 0.15) is 0 Å². The molecule has 0 saturated carbocycles. The number of benzene rings is 1. The minimum atomic E-state index is -0.276. The van der Waals surface area contributed by atoms with Crippen LogP contribution in [0.5, 0.6) is 0 Å². The van der Waals surface area contributed by atoms with E-state index in [1.165, 1.54) is 18.2 Å². The fraction of sp³-hybridized carbons (Fsp3) is 0.357. The highest BCUT2D eigenvalue weighted by Gasteiger charge is 2.00. The summed E-state index contributed by atoms with van der Waals surface area (Å²) >= 11 is 0. The van der Waals surface area contributed by atoms with Crippen molar-refractivity contribution in [1.82, 2.24) is 0 Å². The molecule has 0 heterocycles. The lowest BCUT2D eigenvalue weighted by atomic mass is 10.0. The third kappa shape index (κ3) is 3.89. The molecule has 16 heavy (non-hydrogen) atoms. The summed E-state index contributed by atoms with van der Waals surface area (Å²) in [5.74, 6) is -0.276. The maximum atomic E-state index is 11.0. The average molecular weight is 218 g/mol. The summed E-state index contributed by atoms with van der Waals surface area (Å²) in [6.45, 7) is 4.06. The van der Waals surface area contributed by atoms with Gasteiger partial charge in [-0.05, 0) is 37.8 Å². The minimum absolute atomic E-state index is 0.276. The largest absolute Gasteiger partial charge is 0.466 e. The SMILES string of the molecule is COC(=O)C=C(C)CCc1ccccc1C. The van der Waals surface area contributed by atoms with E-state index in [1.807, 2.05) is 19.1 Å². The minimum Gasteiger partial charge on any atom is -0.466 e. The number of allylic oxidation sites excluding steroid dienone is 1. The second kappa shape index (κ2) is 6.11. The zero-order valence-corrected chi connectivity index (χ0v) is 10.1. The molecule has 0 fully saturated rings. The predicted octanol–water partition coefficient (Wildman–Crippen LogP) is 3.05. The normalized spacial score (nSPS) is 11.3. The van der Waals surface area contributed by atoms with Crippen LogP contribution in [0.2, 0.25) is 0 Å². The smallest absolute Gasteiger partial charge is 0.330 e. The fourth-order valence-corrected chi connectivity index (χ4v) is 1.55. The molecule has 0 aliphatic rings. The molecule has 1 aromatic rings. The zero-order valence-electron chi connectivity index (χ0n) is 10.1. The Balaban J connectivity index is 2.55. The number of hydrogen-bond acceptors (Lipinski definition) is 2. The molecule has 0 N–H and O–H groups in total. The van der Waals surface area contributed by atoms with Gasteiger partial charge < -0.3 is 4.74 Å². The summed E-state index contributed by atoms with van der Waals surface area (Å²) in [7, 11) is 1.40. The van der Waals surface area contributed by atoms with Gasteiger partial charge in [0.05, 0.1) is 7.11 Å². The van der Waals surface area contributed by atoms with Crippen LogP contribution < -0.4 is 0 Å². The van der Waals surface area contributed by atoms with Crippen molar-refractivity contribution in [2.24, 2.45) is 0 Å². The van der Waals surface area contributed by atoms with Gasteiger partial charge in [-0.1, -0.05) is 29.8 Å². The number of hydrogen-bond donors (Lipinski definition) is 0. The number of aryl methyl sites for hydroxylation is 2. The molecule has 0 spiro atoms. The lowest BCUT2D eigenvalue weighted by molar-refractivity contribution is -0.134. The molecule has 1 aromatic carbocycles. The lowest BCUT2D eigenvalue weighted by Crippen LogP contribution is -1.97. The number of methoxy groups -OCH3 is 1. The van der Waals surface area contributed by atoms with Crippen LogP contribution in [0.1, 0.15) is 24.5 Å². The van der Waals surface area contributed by atoms with Crippen LogP contribution in [0.25, 0.3) is 0 Å². The third-order valence-electron chi connectivity index (χ3n) is 2.62. The number of ether oxygens (including phenoxy) is 1. The summed E-state index contributed by atoms with van der Waals surface area (Å²) in [6.07, 6.45) is 3.41. The van der Waals surface area contributed by atoms with Gasteiger partial charge in [0.2, 0.25) is 0 Å². The monoisotopic (exact) mass is 218 g/mol. The maximum Gasteiger partial charge on any atom is 0.330 e. The molecule has 86 valence electrons. The topological polar surface area (TPSA) is 26.3 Å². The van der Waals surface area contributed by atoms with Gasteiger partial charge in [-0.3, -0.25) is 0 Å². The Morgan fingerprint density at radius 1 is 1.38 bits per heavy atom. The lowest BCUT2D eigenvalue weighted by Gasteiger charge is -2.05. The van der Waals surface area contributed by atoms with Crippen LogP contribution in [0.15, 0.2) is 35.9 Å². The first-order valence-electron chi connectivity index (χ1n) is 5.43. The van der Waals surface area contributed by atoms with Gasteiger partial charge in [0, 0.05) is 6.08 Å². The molecule has 1 rings (SSSR count). The predicted molar refractivity (Wildman–Crippen MR) is 65.3 cm³/mol. The average Bonchev–Trinajstić information content (AvgIpc) is 2.28. The van der Waals surface area contributed by atoms with Crippen LogP contribution >= 0.6 is 0 Å². The molecule has 0 aliphatic carbocycles. The van der Waals surface area contributed by atoms with Crippen molar-refractivity contribution in [3.05, 3.63) is 47.0 Å². The summed E-state index contributed by atoms with van der Waals surface area (Å²) in [6, 6.07) is 8.31. The van der Waals surface area contributed by atoms with Crippen molar-refractivity contribution in [2.45, 2.75) is 26.7 Å². The van der Waals surface area contributed by atoms with E-state index in [2.05, 4.69) is 23.8 Å². The first kappa shape index (κ1) is 12.5. The van der Waals surface area contributed by atoms with Crippen LogP contribution in [0.4, 0.5) is 0 Å². The summed E-state index contributed by atoms with van der Waals surface area (Å²) in [5, 5.41) is 0. The van der Waals surface area contributed by atoms with E-state index in [4.69, 9.17) is 0 Å². The zero-order chi connectivity index (χ0) is 12.0. The third-order valence-corrected chi connectivity index (χ3v) is 2.62. The van der Waals surface area contributed by atoms with Gasteiger partial charge in [-0.2, -0.15) is 0 Å². The highest BCUT2D eigenvalue weighted by Crippen LogP contribution is 2.12. The summed E-state index contributed by atoms with van der Waals surface area (Å²) in [5.41, 5.74) is 3.68. The van der Waals surface area contributed by atoms with Gasteiger partial charge >= 0.3 is 5.97 Å². The Morgan fingerprint density at radius 3 is 2.69 bits per heavy atom. The van der Waals surface area contributed by atoms with E-state index in [0.29, 0.717) is 0 Å². The van der Waals surface area contributed by atoms with Gasteiger partial charge in [-0.25, -0.2) is 4.79 Å². The summed E-state index contributed by atoms with van der Waals surface area (Å²) in [4.78, 5) is 11.0. The van der Waals surface area contributed by atoms with Crippen LogP contribution in [-0.2, 0) is 16.0 Å². The number of rotatable bonds is 4. The molecule has 0 amide bonds. The van der Waals surface area contributed by atoms with Crippen LogP contribution in [0, 0.1) is 6.92 Å². The molecular formula is C14H18O2. The van der Waals surface area contributed by atoms with Crippen molar-refractivity contribution < 1.29 is 9.53 Å². The van der Waals surface area contributed by atoms with E-state index in [0.717, 1.165) is 18.4 Å². The molecule has 0 saturated heterocycles. The number of carbonyl (C=O) groups excluding carboxylic acids is 1. The molecule has 0 aliphatic heterocycles. The standard InChI is InChI=1S/C14H18O2/c1-11(10-14(15)16-3)8-9-13-7-5-4-6-12(13)2/h4-7,10H,8-9H2,1-3H3. The molecule has 0 aromatic heterocycles. The Labute approximate surface area is 96.9 Å². The fourth-order valence-electron chi connectivity index (χ4n) is 1.55. The van der Waals surface area contributed by atoms with Crippen molar-refractivity contribution in [3.8, 4) is 0 Å². The van der Waals surface area contributed by atoms with Gasteiger partial charge in [-0.15, -0.1) is 0 Å². The number of carbonyl (C=O) groups is 1. The Morgan fingerprint density at radius 2 is 2.06 bits per heavy atom. The second-order valence-corrected chi connectivity index (χ2v) is 3.94. The van der Waals surface area contributed by atoms with Gasteiger partial charge in [0.25, 0.3) is 0 Å². The number of esters is 1. The molecule has 2 nitrogen and oxygen atoms in total. The van der Waals surface area contributed by atoms with Crippen molar-refractivity contribution in [1.29, 1.82) is 0 Å². The Hall–Kier alpha value is -1.57. The first-order valence-corrected chi connectivity index (χ1v) is 5.43. The highest BCUT2D eigenvalue weighted by atomic mass is 16.5. The van der Waals surface area contributed by atoms with Gasteiger partial charge in [0.15, 0.2) is 0 Å². The highest BCUT2D eigenvalue weighted by molar-refractivity contribution is 5.82. The maximum absolute atomic E-state index is 11.0. The first-order chi connectivity index (χ1) is 7.63. The Bertz CT molecular complexity index is 391. The molecule has 2 heteroatoms. The van der Waals surface area contributed by atoms with E-state index in [-0.39, 0.29) is 5.97 Å². The molecule has 0 atom stereocenters. The van der Waals surface area contributed by atoms with Crippen LogP contribution in [-0.4, -0.2) is 13.1 Å². The van der Waals surface area contributed by atoms with Crippen molar-refractivity contribution in [2.75, 3.05) is 7.11 Å². The molecular weight excluding hydrogens is 200 g/mol. The van der Waals surface area contributed by atoms with E-state index >= 15 is 0 Å². The summed E-state index contributed by atoms with van der Waals surface area (Å²) < 4.78 is 4.58. The molecule has 0 unspecified atom stereocenters. The second-order valence-electron chi connectivity index (χ2n) is 3.94. The van der Waals surface area contributed by atoms with Crippen molar-refractivity contribution >= 4 is 5.97 Å². The van der Waals surface area contributed by atoms with Crippen LogP contribution in [0.3, 0.4) is 0 Å². The Kier molecular flexibility index (Phi) is 4.77. The van der Waals surface area contributed by atoms with E-state index in [9.17, 15) is 4.79 Å². The molecule has 0 radical (unpaired) electrons. The van der Waals surface area contributed by atoms with Crippen molar-refractivity contribution in [3.63, 3.8) is 0 Å². The molecule has 0 bridgehead atoms. The van der Waals surface area contributed by atoms with E-state index < -0.39 is 0 Å².